The second-order valence-electron chi connectivity index (χ2n) is 4.79. The normalized spacial score (nSPS) is 10.4. The topological polar surface area (TPSA) is 44.4 Å². The smallest absolute Gasteiger partial charge is 0.221 e. The predicted molar refractivity (Wildman–Crippen MR) is 88.1 cm³/mol. The van der Waals surface area contributed by atoms with Crippen molar-refractivity contribution in [3.63, 3.8) is 0 Å². The van der Waals surface area contributed by atoms with Crippen molar-refractivity contribution in [1.29, 1.82) is 0 Å². The molecular formula is C15H24BrN3O. The first kappa shape index (κ1) is 17.0. The number of rotatable bonds is 8. The molecule has 0 bridgehead atoms. The second-order valence-corrected chi connectivity index (χ2v) is 5.71. The fourth-order valence-corrected chi connectivity index (χ4v) is 2.31. The molecule has 0 unspecified atom stereocenters. The van der Waals surface area contributed by atoms with Gasteiger partial charge in [0.25, 0.3) is 0 Å². The van der Waals surface area contributed by atoms with Crippen LogP contribution in [-0.4, -0.2) is 33.1 Å². The van der Waals surface area contributed by atoms with Crippen molar-refractivity contribution < 1.29 is 4.79 Å². The molecule has 0 radical (unpaired) electrons. The Morgan fingerprint density at radius 3 is 2.80 bits per heavy atom. The van der Waals surface area contributed by atoms with Gasteiger partial charge in [0.1, 0.15) is 0 Å². The molecule has 0 aromatic heterocycles. The Kier molecular flexibility index (Phi) is 7.62. The van der Waals surface area contributed by atoms with E-state index in [0.717, 1.165) is 29.7 Å². The molecule has 20 heavy (non-hydrogen) atoms. The van der Waals surface area contributed by atoms with Crippen LogP contribution in [0, 0.1) is 0 Å². The first-order chi connectivity index (χ1) is 9.58. The van der Waals surface area contributed by atoms with Gasteiger partial charge in [-0.05, 0) is 30.7 Å². The highest BCUT2D eigenvalue weighted by Crippen LogP contribution is 2.24. The number of benzene rings is 1. The van der Waals surface area contributed by atoms with Gasteiger partial charge in [0.05, 0.1) is 0 Å². The molecular weight excluding hydrogens is 318 g/mol. The third kappa shape index (κ3) is 5.51. The maximum absolute atomic E-state index is 11.4. The van der Waals surface area contributed by atoms with E-state index in [2.05, 4.69) is 56.6 Å². The predicted octanol–water partition coefficient (Wildman–Crippen LogP) is 2.52. The van der Waals surface area contributed by atoms with E-state index >= 15 is 0 Å². The van der Waals surface area contributed by atoms with Gasteiger partial charge in [-0.15, -0.1) is 0 Å². The Labute approximate surface area is 130 Å². The third-order valence-corrected chi connectivity index (χ3v) is 3.65. The Hall–Kier alpha value is -1.07. The molecule has 5 heteroatoms. The Balaban J connectivity index is 2.74. The number of carbonyl (C=O) groups is 1. The number of nitrogens with one attached hydrogen (secondary N) is 2. The first-order valence-electron chi connectivity index (χ1n) is 6.99. The zero-order valence-corrected chi connectivity index (χ0v) is 14.1. The molecule has 1 aromatic carbocycles. The van der Waals surface area contributed by atoms with Crippen LogP contribution in [0.1, 0.15) is 25.3 Å². The van der Waals surface area contributed by atoms with Gasteiger partial charge in [0.15, 0.2) is 0 Å². The summed E-state index contributed by atoms with van der Waals surface area (Å²) >= 11 is 3.51. The van der Waals surface area contributed by atoms with Crippen LogP contribution in [0.4, 0.5) is 5.69 Å². The zero-order chi connectivity index (χ0) is 15.0. The highest BCUT2D eigenvalue weighted by atomic mass is 79.9. The van der Waals surface area contributed by atoms with Gasteiger partial charge >= 0.3 is 0 Å². The van der Waals surface area contributed by atoms with Crippen LogP contribution in [0.2, 0.25) is 0 Å². The molecule has 1 rings (SSSR count). The number of nitrogens with zero attached hydrogens (tertiary/aromatic N) is 1. The summed E-state index contributed by atoms with van der Waals surface area (Å²) in [5, 5.41) is 6.07. The van der Waals surface area contributed by atoms with Crippen LogP contribution >= 0.6 is 15.9 Å². The van der Waals surface area contributed by atoms with Crippen LogP contribution in [-0.2, 0) is 11.3 Å². The summed E-state index contributed by atoms with van der Waals surface area (Å²) in [5.74, 6) is 0.0671. The van der Waals surface area contributed by atoms with Crippen LogP contribution in [0.25, 0.3) is 0 Å². The molecule has 0 fully saturated rings. The summed E-state index contributed by atoms with van der Waals surface area (Å²) in [6, 6.07) is 6.28. The molecule has 2 N–H and O–H groups in total. The molecule has 0 saturated heterocycles. The average Bonchev–Trinajstić information content (AvgIpc) is 2.46. The lowest BCUT2D eigenvalue weighted by atomic mass is 10.1. The Morgan fingerprint density at radius 2 is 2.15 bits per heavy atom. The minimum absolute atomic E-state index is 0.0671. The quantitative estimate of drug-likeness (QED) is 0.714. The summed E-state index contributed by atoms with van der Waals surface area (Å²) in [5.41, 5.74) is 2.41. The maximum Gasteiger partial charge on any atom is 0.221 e. The van der Waals surface area contributed by atoms with Crippen LogP contribution in [0.5, 0.6) is 0 Å². The van der Waals surface area contributed by atoms with Crippen LogP contribution < -0.4 is 15.5 Å². The van der Waals surface area contributed by atoms with Crippen LogP contribution in [0.15, 0.2) is 22.7 Å². The van der Waals surface area contributed by atoms with Gasteiger partial charge in [0, 0.05) is 43.8 Å². The van der Waals surface area contributed by atoms with Crippen molar-refractivity contribution in [2.75, 3.05) is 32.1 Å². The molecule has 0 aliphatic carbocycles. The van der Waals surface area contributed by atoms with Gasteiger partial charge in [-0.1, -0.05) is 28.9 Å². The highest BCUT2D eigenvalue weighted by molar-refractivity contribution is 9.10. The fraction of sp³-hybridized carbons (Fsp3) is 0.533. The Bertz CT molecular complexity index is 437. The van der Waals surface area contributed by atoms with Crippen molar-refractivity contribution >= 4 is 27.5 Å². The summed E-state index contributed by atoms with van der Waals surface area (Å²) in [7, 11) is 3.69. The number of carbonyl (C=O) groups excluding carboxylic acids is 1. The lowest BCUT2D eigenvalue weighted by Gasteiger charge is -2.23. The van der Waals surface area contributed by atoms with Gasteiger partial charge in [0.2, 0.25) is 5.91 Å². The minimum Gasteiger partial charge on any atom is -0.374 e. The largest absolute Gasteiger partial charge is 0.374 e. The number of amides is 1. The van der Waals surface area contributed by atoms with Gasteiger partial charge in [-0.3, -0.25) is 4.79 Å². The first-order valence-corrected chi connectivity index (χ1v) is 7.78. The molecule has 112 valence electrons. The van der Waals surface area contributed by atoms with Gasteiger partial charge < -0.3 is 15.5 Å². The van der Waals surface area contributed by atoms with Gasteiger partial charge in [-0.25, -0.2) is 0 Å². The van der Waals surface area contributed by atoms with Gasteiger partial charge in [-0.2, -0.15) is 0 Å². The molecule has 0 aliphatic heterocycles. The van der Waals surface area contributed by atoms with E-state index in [-0.39, 0.29) is 5.91 Å². The molecule has 0 heterocycles. The van der Waals surface area contributed by atoms with E-state index in [1.165, 1.54) is 5.56 Å². The van der Waals surface area contributed by atoms with E-state index in [1.54, 1.807) is 7.05 Å². The zero-order valence-electron chi connectivity index (χ0n) is 12.5. The van der Waals surface area contributed by atoms with Crippen molar-refractivity contribution in [2.45, 2.75) is 26.3 Å². The average molecular weight is 342 g/mol. The molecule has 0 aliphatic rings. The molecule has 0 saturated carbocycles. The van der Waals surface area contributed by atoms with E-state index in [0.29, 0.717) is 13.0 Å². The van der Waals surface area contributed by atoms with Crippen LogP contribution in [0.3, 0.4) is 0 Å². The van der Waals surface area contributed by atoms with Crippen molar-refractivity contribution in [3.8, 4) is 0 Å². The summed E-state index contributed by atoms with van der Waals surface area (Å²) in [4.78, 5) is 13.5. The van der Waals surface area contributed by atoms with E-state index in [1.807, 2.05) is 7.05 Å². The summed E-state index contributed by atoms with van der Waals surface area (Å²) in [6.45, 7) is 4.72. The van der Waals surface area contributed by atoms with E-state index in [4.69, 9.17) is 0 Å². The van der Waals surface area contributed by atoms with Crippen molar-refractivity contribution in [1.82, 2.24) is 10.6 Å². The minimum atomic E-state index is 0.0671. The van der Waals surface area contributed by atoms with E-state index < -0.39 is 0 Å². The molecule has 1 amide bonds. The molecule has 4 nitrogen and oxygen atoms in total. The number of hydrogen-bond donors (Lipinski definition) is 2. The summed E-state index contributed by atoms with van der Waals surface area (Å²) < 4.78 is 1.05. The number of anilines is 1. The van der Waals surface area contributed by atoms with Crippen molar-refractivity contribution in [2.24, 2.45) is 0 Å². The number of hydrogen-bond acceptors (Lipinski definition) is 3. The second kappa shape index (κ2) is 8.97. The molecule has 1 aromatic rings. The monoisotopic (exact) mass is 341 g/mol. The fourth-order valence-electron chi connectivity index (χ4n) is 1.96. The molecule has 0 atom stereocenters. The lowest BCUT2D eigenvalue weighted by molar-refractivity contribution is -0.120. The highest BCUT2D eigenvalue weighted by Gasteiger charge is 2.09. The SMILES string of the molecule is CCCNCc1ccc(Br)cc1N(C)CCC(=O)NC. The molecule has 0 spiro atoms. The van der Waals surface area contributed by atoms with Crippen molar-refractivity contribution in [3.05, 3.63) is 28.2 Å². The third-order valence-electron chi connectivity index (χ3n) is 3.15. The maximum atomic E-state index is 11.4. The lowest BCUT2D eigenvalue weighted by Crippen LogP contribution is -2.27. The standard InChI is InChI=1S/C15H24BrN3O/c1-4-8-18-11-12-5-6-13(16)10-14(12)19(3)9-7-15(20)17-2/h5-6,10,18H,4,7-9,11H2,1-3H3,(H,17,20). The number of halogens is 1. The Morgan fingerprint density at radius 1 is 1.40 bits per heavy atom. The van der Waals surface area contributed by atoms with E-state index in [9.17, 15) is 4.79 Å². The summed E-state index contributed by atoms with van der Waals surface area (Å²) in [6.07, 6.45) is 1.62.